The second-order valence-electron chi connectivity index (χ2n) is 6.31. The molecular formula is C18H23N3O3S. The molecule has 4 N–H and O–H groups in total. The summed E-state index contributed by atoms with van der Waals surface area (Å²) in [5, 5.41) is 5.08. The van der Waals surface area contributed by atoms with E-state index >= 15 is 0 Å². The average molecular weight is 361 g/mol. The number of ether oxygens (including phenoxy) is 1. The summed E-state index contributed by atoms with van der Waals surface area (Å²) in [6.07, 6.45) is 0. The predicted molar refractivity (Wildman–Crippen MR) is 96.9 cm³/mol. The van der Waals surface area contributed by atoms with E-state index in [0.29, 0.717) is 18.3 Å². The quantitative estimate of drug-likeness (QED) is 0.804. The van der Waals surface area contributed by atoms with Crippen molar-refractivity contribution in [3.8, 4) is 5.75 Å². The van der Waals surface area contributed by atoms with E-state index in [1.54, 1.807) is 12.1 Å². The fourth-order valence-corrected chi connectivity index (χ4v) is 3.68. The average Bonchev–Trinajstić information content (AvgIpc) is 2.96. The van der Waals surface area contributed by atoms with E-state index in [1.165, 1.54) is 17.7 Å². The number of nitrogens with zero attached hydrogens (tertiary/aromatic N) is 1. The summed E-state index contributed by atoms with van der Waals surface area (Å²) in [7, 11) is -3.67. The Morgan fingerprint density at radius 3 is 2.36 bits per heavy atom. The van der Waals surface area contributed by atoms with Crippen molar-refractivity contribution in [2.75, 3.05) is 26.2 Å². The third kappa shape index (κ3) is 4.58. The van der Waals surface area contributed by atoms with Crippen LogP contribution in [-0.2, 0) is 10.0 Å². The van der Waals surface area contributed by atoms with Gasteiger partial charge < -0.3 is 10.5 Å². The van der Waals surface area contributed by atoms with Crippen molar-refractivity contribution in [3.05, 3.63) is 60.2 Å². The van der Waals surface area contributed by atoms with Gasteiger partial charge >= 0.3 is 0 Å². The minimum Gasteiger partial charge on any atom is -0.492 e. The number of benzene rings is 2. The summed E-state index contributed by atoms with van der Waals surface area (Å²) in [5.41, 5.74) is 7.57. The highest BCUT2D eigenvalue weighted by atomic mass is 32.2. The molecule has 1 fully saturated rings. The number of nitrogens with two attached hydrogens (primary N) is 2. The van der Waals surface area contributed by atoms with Crippen molar-refractivity contribution in [1.82, 2.24) is 4.90 Å². The Morgan fingerprint density at radius 1 is 1.04 bits per heavy atom. The van der Waals surface area contributed by atoms with Crippen molar-refractivity contribution in [2.45, 2.75) is 16.9 Å². The molecule has 134 valence electrons. The van der Waals surface area contributed by atoms with Crippen molar-refractivity contribution >= 4 is 10.0 Å². The molecule has 2 aromatic rings. The van der Waals surface area contributed by atoms with Crippen molar-refractivity contribution in [2.24, 2.45) is 10.9 Å². The summed E-state index contributed by atoms with van der Waals surface area (Å²) >= 11 is 0. The molecule has 1 heterocycles. The Labute approximate surface area is 148 Å². The Hall–Kier alpha value is -1.93. The van der Waals surface area contributed by atoms with Crippen molar-refractivity contribution < 1.29 is 13.2 Å². The van der Waals surface area contributed by atoms with Crippen LogP contribution in [0.3, 0.4) is 0 Å². The Bertz CT molecular complexity index is 794. The second kappa shape index (κ2) is 7.53. The minimum absolute atomic E-state index is 0.0797. The zero-order valence-corrected chi connectivity index (χ0v) is 14.7. The molecule has 0 aromatic heterocycles. The Kier molecular flexibility index (Phi) is 5.39. The number of hydrogen-bond acceptors (Lipinski definition) is 5. The van der Waals surface area contributed by atoms with E-state index in [2.05, 4.69) is 17.0 Å². The van der Waals surface area contributed by atoms with Crippen molar-refractivity contribution in [3.63, 3.8) is 0 Å². The molecule has 0 saturated carbocycles. The van der Waals surface area contributed by atoms with Gasteiger partial charge in [0.25, 0.3) is 0 Å². The first-order valence-corrected chi connectivity index (χ1v) is 9.76. The third-order valence-corrected chi connectivity index (χ3v) is 5.43. The molecule has 1 saturated heterocycles. The summed E-state index contributed by atoms with van der Waals surface area (Å²) in [4.78, 5) is 2.37. The summed E-state index contributed by atoms with van der Waals surface area (Å²) in [6.45, 7) is 3.04. The van der Waals surface area contributed by atoms with Crippen LogP contribution in [0.25, 0.3) is 0 Å². The molecule has 0 spiro atoms. The van der Waals surface area contributed by atoms with E-state index in [0.717, 1.165) is 19.6 Å². The number of rotatable bonds is 6. The monoisotopic (exact) mass is 361 g/mol. The fourth-order valence-electron chi connectivity index (χ4n) is 3.17. The van der Waals surface area contributed by atoms with E-state index in [9.17, 15) is 8.42 Å². The maximum absolute atomic E-state index is 11.2. The van der Waals surface area contributed by atoms with Crippen LogP contribution in [0.4, 0.5) is 0 Å². The van der Waals surface area contributed by atoms with Gasteiger partial charge in [-0.05, 0) is 29.8 Å². The SMILES string of the molecule is N[C@@H]1CN(CCOc2ccc(S(N)(=O)=O)cc2)C[C@H]1c1ccccc1. The summed E-state index contributed by atoms with van der Waals surface area (Å²) < 4.78 is 28.2. The topological polar surface area (TPSA) is 98.6 Å². The molecule has 1 aliphatic rings. The van der Waals surface area contributed by atoms with E-state index in [4.69, 9.17) is 15.6 Å². The molecule has 1 aliphatic heterocycles. The normalized spacial score (nSPS) is 21.4. The number of primary sulfonamides is 1. The molecule has 6 nitrogen and oxygen atoms in total. The third-order valence-electron chi connectivity index (χ3n) is 4.50. The van der Waals surface area contributed by atoms with Gasteiger partial charge in [-0.3, -0.25) is 4.90 Å². The van der Waals surface area contributed by atoms with Gasteiger partial charge in [0.05, 0.1) is 4.90 Å². The van der Waals surface area contributed by atoms with Crippen molar-refractivity contribution in [1.29, 1.82) is 0 Å². The van der Waals surface area contributed by atoms with Gasteiger partial charge in [0.1, 0.15) is 12.4 Å². The lowest BCUT2D eigenvalue weighted by atomic mass is 9.95. The van der Waals surface area contributed by atoms with Crippen LogP contribution in [0.1, 0.15) is 11.5 Å². The molecule has 0 amide bonds. The predicted octanol–water partition coefficient (Wildman–Crippen LogP) is 1.14. The molecule has 2 atom stereocenters. The van der Waals surface area contributed by atoms with Gasteiger partial charge in [0, 0.05) is 31.6 Å². The van der Waals surface area contributed by atoms with Gasteiger partial charge in [-0.15, -0.1) is 0 Å². The van der Waals surface area contributed by atoms with Crippen LogP contribution in [-0.4, -0.2) is 45.6 Å². The van der Waals surface area contributed by atoms with Crippen LogP contribution >= 0.6 is 0 Å². The van der Waals surface area contributed by atoms with E-state index in [-0.39, 0.29) is 10.9 Å². The molecule has 0 aliphatic carbocycles. The molecule has 0 bridgehead atoms. The molecule has 3 rings (SSSR count). The lowest BCUT2D eigenvalue weighted by Gasteiger charge is -2.16. The largest absolute Gasteiger partial charge is 0.492 e. The van der Waals surface area contributed by atoms with Gasteiger partial charge in [-0.25, -0.2) is 13.6 Å². The number of sulfonamides is 1. The highest BCUT2D eigenvalue weighted by Crippen LogP contribution is 2.26. The smallest absolute Gasteiger partial charge is 0.238 e. The van der Waals surface area contributed by atoms with E-state index < -0.39 is 10.0 Å². The van der Waals surface area contributed by atoms with Gasteiger partial charge in [-0.1, -0.05) is 30.3 Å². The van der Waals surface area contributed by atoms with Crippen LogP contribution < -0.4 is 15.6 Å². The first-order valence-electron chi connectivity index (χ1n) is 8.22. The lowest BCUT2D eigenvalue weighted by Crippen LogP contribution is -2.30. The highest BCUT2D eigenvalue weighted by Gasteiger charge is 2.30. The molecule has 7 heteroatoms. The lowest BCUT2D eigenvalue weighted by molar-refractivity contribution is 0.235. The molecule has 2 aromatic carbocycles. The maximum atomic E-state index is 11.2. The van der Waals surface area contributed by atoms with Crippen LogP contribution in [0, 0.1) is 0 Å². The fraction of sp³-hybridized carbons (Fsp3) is 0.333. The molecular weight excluding hydrogens is 338 g/mol. The highest BCUT2D eigenvalue weighted by molar-refractivity contribution is 7.89. The van der Waals surface area contributed by atoms with Crippen LogP contribution in [0.15, 0.2) is 59.5 Å². The zero-order chi connectivity index (χ0) is 17.9. The maximum Gasteiger partial charge on any atom is 0.238 e. The van der Waals surface area contributed by atoms with Gasteiger partial charge in [0.15, 0.2) is 0 Å². The first-order chi connectivity index (χ1) is 11.9. The molecule has 0 radical (unpaired) electrons. The van der Waals surface area contributed by atoms with Gasteiger partial charge in [0.2, 0.25) is 10.0 Å². The first kappa shape index (κ1) is 17.9. The minimum atomic E-state index is -3.67. The number of hydrogen-bond donors (Lipinski definition) is 2. The van der Waals surface area contributed by atoms with Gasteiger partial charge in [-0.2, -0.15) is 0 Å². The standard InChI is InChI=1S/C18H23N3O3S/c19-18-13-21(12-17(18)14-4-2-1-3-5-14)10-11-24-15-6-8-16(9-7-15)25(20,22)23/h1-9,17-18H,10-13,19H2,(H2,20,22,23)/t17-,18+/m0/s1. The second-order valence-corrected chi connectivity index (χ2v) is 7.87. The molecule has 0 unspecified atom stereocenters. The summed E-state index contributed by atoms with van der Waals surface area (Å²) in [6, 6.07) is 16.6. The van der Waals surface area contributed by atoms with E-state index in [1.807, 2.05) is 18.2 Å². The Balaban J connectivity index is 1.50. The number of likely N-dealkylation sites (tertiary alicyclic amines) is 1. The summed E-state index contributed by atoms with van der Waals surface area (Å²) in [5.74, 6) is 0.964. The zero-order valence-electron chi connectivity index (χ0n) is 13.9. The molecule has 25 heavy (non-hydrogen) atoms. The van der Waals surface area contributed by atoms with Crippen LogP contribution in [0.2, 0.25) is 0 Å². The Morgan fingerprint density at radius 2 is 1.72 bits per heavy atom. The van der Waals surface area contributed by atoms with Crippen LogP contribution in [0.5, 0.6) is 5.75 Å².